The summed E-state index contributed by atoms with van der Waals surface area (Å²) in [5.74, 6) is 0.766. The minimum atomic E-state index is -0.506. The highest BCUT2D eigenvalue weighted by Crippen LogP contribution is 2.35. The zero-order chi connectivity index (χ0) is 15.4. The summed E-state index contributed by atoms with van der Waals surface area (Å²) in [4.78, 5) is 10.6. The highest BCUT2D eigenvalue weighted by atomic mass is 35.5. The highest BCUT2D eigenvalue weighted by Gasteiger charge is 2.17. The minimum absolute atomic E-state index is 0.152. The van der Waals surface area contributed by atoms with Crippen molar-refractivity contribution in [2.45, 2.75) is 13.5 Å². The number of nitrogens with one attached hydrogen (secondary N) is 1. The molecular weight excluding hydrogens is 292 g/mol. The largest absolute Gasteiger partial charge is 0.450 e. The molecule has 0 fully saturated rings. The minimum Gasteiger partial charge on any atom is -0.450 e. The Hall–Kier alpha value is -2.11. The first-order chi connectivity index (χ1) is 10.0. The maximum atomic E-state index is 11.1. The summed E-state index contributed by atoms with van der Waals surface area (Å²) in [6, 6.07) is 10.1. The predicted octanol–water partition coefficient (Wildman–Crippen LogP) is 4.07. The summed E-state index contributed by atoms with van der Waals surface area (Å²) in [5.41, 5.74) is 1.79. The average Bonchev–Trinajstić information content (AvgIpc) is 2.44. The molecule has 0 saturated heterocycles. The van der Waals surface area contributed by atoms with E-state index in [0.29, 0.717) is 17.3 Å². The van der Waals surface area contributed by atoms with Crippen LogP contribution in [0.15, 0.2) is 36.4 Å². The van der Waals surface area contributed by atoms with E-state index in [2.05, 4.69) is 5.32 Å². The van der Waals surface area contributed by atoms with Crippen LogP contribution < -0.4 is 10.1 Å². The van der Waals surface area contributed by atoms with Crippen LogP contribution in [0.2, 0.25) is 5.02 Å². The van der Waals surface area contributed by atoms with E-state index in [1.54, 1.807) is 6.07 Å². The third kappa shape index (κ3) is 3.71. The SMILES string of the molecule is CNCc1ccc(C)c(Oc2ccc(Cl)cc2[N+](=O)[O-])c1. The van der Waals surface area contributed by atoms with Gasteiger partial charge in [-0.25, -0.2) is 0 Å². The van der Waals surface area contributed by atoms with Crippen molar-refractivity contribution in [3.8, 4) is 11.5 Å². The monoisotopic (exact) mass is 306 g/mol. The first-order valence-corrected chi connectivity index (χ1v) is 6.75. The maximum Gasteiger partial charge on any atom is 0.313 e. The standard InChI is InChI=1S/C15H15ClN2O3/c1-10-3-4-11(9-17-2)7-15(10)21-14-6-5-12(16)8-13(14)18(19)20/h3-8,17H,9H2,1-2H3. The molecule has 0 atom stereocenters. The molecule has 0 unspecified atom stereocenters. The van der Waals surface area contributed by atoms with E-state index in [-0.39, 0.29) is 11.4 Å². The molecule has 0 aromatic heterocycles. The molecule has 0 aliphatic rings. The van der Waals surface area contributed by atoms with Gasteiger partial charge in [-0.15, -0.1) is 0 Å². The second-order valence-electron chi connectivity index (χ2n) is 4.60. The summed E-state index contributed by atoms with van der Waals surface area (Å²) in [7, 11) is 1.85. The third-order valence-electron chi connectivity index (χ3n) is 2.97. The van der Waals surface area contributed by atoms with Gasteiger partial charge < -0.3 is 10.1 Å². The molecule has 5 nitrogen and oxygen atoms in total. The van der Waals surface area contributed by atoms with Crippen molar-refractivity contribution in [2.75, 3.05) is 7.05 Å². The summed E-state index contributed by atoms with van der Waals surface area (Å²) < 4.78 is 5.72. The maximum absolute atomic E-state index is 11.1. The predicted molar refractivity (Wildman–Crippen MR) is 82.1 cm³/mol. The molecule has 6 heteroatoms. The molecule has 0 amide bonds. The molecule has 1 N–H and O–H groups in total. The number of aryl methyl sites for hydroxylation is 1. The number of hydrogen-bond acceptors (Lipinski definition) is 4. The molecule has 21 heavy (non-hydrogen) atoms. The lowest BCUT2D eigenvalue weighted by Crippen LogP contribution is -2.05. The molecule has 2 aromatic carbocycles. The molecule has 0 aliphatic heterocycles. The lowest BCUT2D eigenvalue weighted by atomic mass is 10.1. The van der Waals surface area contributed by atoms with Gasteiger partial charge in [-0.1, -0.05) is 23.7 Å². The van der Waals surface area contributed by atoms with Crippen LogP contribution in [-0.4, -0.2) is 12.0 Å². The van der Waals surface area contributed by atoms with Crippen LogP contribution in [0.5, 0.6) is 11.5 Å². The van der Waals surface area contributed by atoms with Crippen molar-refractivity contribution in [1.29, 1.82) is 0 Å². The van der Waals surface area contributed by atoms with E-state index < -0.39 is 4.92 Å². The lowest BCUT2D eigenvalue weighted by Gasteiger charge is -2.11. The van der Waals surface area contributed by atoms with Crippen molar-refractivity contribution in [2.24, 2.45) is 0 Å². The number of nitro benzene ring substituents is 1. The average molecular weight is 307 g/mol. The Balaban J connectivity index is 2.38. The van der Waals surface area contributed by atoms with Crippen molar-refractivity contribution in [3.05, 3.63) is 62.7 Å². The number of ether oxygens (including phenoxy) is 1. The van der Waals surface area contributed by atoms with E-state index in [1.165, 1.54) is 12.1 Å². The number of nitro groups is 1. The van der Waals surface area contributed by atoms with E-state index in [9.17, 15) is 10.1 Å². The second kappa shape index (κ2) is 6.56. The second-order valence-corrected chi connectivity index (χ2v) is 5.04. The van der Waals surface area contributed by atoms with Gasteiger partial charge in [0.1, 0.15) is 5.75 Å². The fraction of sp³-hybridized carbons (Fsp3) is 0.200. The van der Waals surface area contributed by atoms with Gasteiger partial charge in [0.2, 0.25) is 5.75 Å². The number of hydrogen-bond donors (Lipinski definition) is 1. The lowest BCUT2D eigenvalue weighted by molar-refractivity contribution is -0.385. The Labute approximate surface area is 127 Å². The van der Waals surface area contributed by atoms with Crippen LogP contribution in [0.1, 0.15) is 11.1 Å². The fourth-order valence-corrected chi connectivity index (χ4v) is 2.07. The summed E-state index contributed by atoms with van der Waals surface area (Å²) in [6.45, 7) is 2.58. The molecular formula is C15H15ClN2O3. The molecule has 0 spiro atoms. The van der Waals surface area contributed by atoms with Crippen LogP contribution in [-0.2, 0) is 6.54 Å². The summed E-state index contributed by atoms with van der Waals surface area (Å²) in [6.07, 6.45) is 0. The molecule has 0 saturated carbocycles. The van der Waals surface area contributed by atoms with E-state index in [4.69, 9.17) is 16.3 Å². The Bertz CT molecular complexity index is 674. The van der Waals surface area contributed by atoms with Gasteiger partial charge in [-0.2, -0.15) is 0 Å². The van der Waals surface area contributed by atoms with E-state index in [1.807, 2.05) is 32.2 Å². The van der Waals surface area contributed by atoms with Gasteiger partial charge in [-0.3, -0.25) is 10.1 Å². The van der Waals surface area contributed by atoms with Crippen molar-refractivity contribution in [3.63, 3.8) is 0 Å². The molecule has 0 radical (unpaired) electrons. The van der Waals surface area contributed by atoms with Gasteiger partial charge in [0.15, 0.2) is 0 Å². The third-order valence-corrected chi connectivity index (χ3v) is 3.21. The smallest absolute Gasteiger partial charge is 0.313 e. The Morgan fingerprint density at radius 3 is 2.67 bits per heavy atom. The van der Waals surface area contributed by atoms with Crippen LogP contribution in [0, 0.1) is 17.0 Å². The van der Waals surface area contributed by atoms with Crippen LogP contribution >= 0.6 is 11.6 Å². The van der Waals surface area contributed by atoms with Gasteiger partial charge in [0, 0.05) is 17.6 Å². The Morgan fingerprint density at radius 2 is 2.00 bits per heavy atom. The Kier molecular flexibility index (Phi) is 4.77. The quantitative estimate of drug-likeness (QED) is 0.668. The van der Waals surface area contributed by atoms with Crippen LogP contribution in [0.25, 0.3) is 0 Å². The summed E-state index contributed by atoms with van der Waals surface area (Å²) in [5, 5.41) is 14.4. The Morgan fingerprint density at radius 1 is 1.24 bits per heavy atom. The van der Waals surface area contributed by atoms with Crippen molar-refractivity contribution < 1.29 is 9.66 Å². The molecule has 2 aromatic rings. The molecule has 0 bridgehead atoms. The number of nitrogens with zero attached hydrogens (tertiary/aromatic N) is 1. The number of rotatable bonds is 5. The first-order valence-electron chi connectivity index (χ1n) is 6.37. The van der Waals surface area contributed by atoms with Gasteiger partial charge >= 0.3 is 5.69 Å². The zero-order valence-corrected chi connectivity index (χ0v) is 12.5. The fourth-order valence-electron chi connectivity index (χ4n) is 1.91. The summed E-state index contributed by atoms with van der Waals surface area (Å²) >= 11 is 5.79. The van der Waals surface area contributed by atoms with Crippen LogP contribution in [0.3, 0.4) is 0 Å². The normalized spacial score (nSPS) is 10.4. The van der Waals surface area contributed by atoms with E-state index >= 15 is 0 Å². The van der Waals surface area contributed by atoms with Crippen molar-refractivity contribution >= 4 is 17.3 Å². The zero-order valence-electron chi connectivity index (χ0n) is 11.7. The van der Waals surface area contributed by atoms with Gasteiger partial charge in [0.05, 0.1) is 4.92 Å². The number of benzene rings is 2. The number of halogens is 1. The van der Waals surface area contributed by atoms with Gasteiger partial charge in [-0.05, 0) is 43.3 Å². The molecule has 0 aliphatic carbocycles. The molecule has 110 valence electrons. The van der Waals surface area contributed by atoms with E-state index in [0.717, 1.165) is 11.1 Å². The highest BCUT2D eigenvalue weighted by molar-refractivity contribution is 6.30. The molecule has 0 heterocycles. The topological polar surface area (TPSA) is 64.4 Å². The molecule has 2 rings (SSSR count). The first kappa shape index (κ1) is 15.3. The van der Waals surface area contributed by atoms with Crippen molar-refractivity contribution in [1.82, 2.24) is 5.32 Å². The van der Waals surface area contributed by atoms with Gasteiger partial charge in [0.25, 0.3) is 0 Å². The van der Waals surface area contributed by atoms with Crippen LogP contribution in [0.4, 0.5) is 5.69 Å².